The molecule has 1 unspecified atom stereocenters. The lowest BCUT2D eigenvalue weighted by molar-refractivity contribution is 0.0333. The third-order valence-electron chi connectivity index (χ3n) is 3.90. The van der Waals surface area contributed by atoms with Gasteiger partial charge in [0.1, 0.15) is 6.10 Å². The molecule has 0 radical (unpaired) electrons. The Hall–Kier alpha value is -2.72. The standard InChI is InChI=1S/C20H19NO3/c1-14(17-11-15-7-4-6-10-19(15)21-12-17)24-20(22)18-9-5-3-8-16(18)13-23-2/h3-12,14H,13H2,1-2H3. The molecule has 24 heavy (non-hydrogen) atoms. The normalized spacial score (nSPS) is 12.1. The Morgan fingerprint density at radius 1 is 1.12 bits per heavy atom. The van der Waals surface area contributed by atoms with E-state index in [4.69, 9.17) is 9.47 Å². The first-order valence-electron chi connectivity index (χ1n) is 7.81. The molecule has 1 heterocycles. The molecule has 0 bridgehead atoms. The first-order valence-corrected chi connectivity index (χ1v) is 7.81. The maximum Gasteiger partial charge on any atom is 0.339 e. The van der Waals surface area contributed by atoms with Crippen molar-refractivity contribution in [2.24, 2.45) is 0 Å². The van der Waals surface area contributed by atoms with Crippen LogP contribution in [0.3, 0.4) is 0 Å². The van der Waals surface area contributed by atoms with E-state index >= 15 is 0 Å². The molecule has 1 atom stereocenters. The number of para-hydroxylation sites is 1. The predicted octanol–water partition coefficient (Wildman–Crippen LogP) is 4.30. The Balaban J connectivity index is 1.80. The van der Waals surface area contributed by atoms with Gasteiger partial charge in [-0.2, -0.15) is 0 Å². The number of carbonyl (C=O) groups excluding carboxylic acids is 1. The second kappa shape index (κ2) is 7.23. The van der Waals surface area contributed by atoms with Crippen molar-refractivity contribution < 1.29 is 14.3 Å². The van der Waals surface area contributed by atoms with E-state index in [1.807, 2.05) is 55.5 Å². The molecule has 0 saturated heterocycles. The van der Waals surface area contributed by atoms with E-state index in [1.165, 1.54) is 0 Å². The van der Waals surface area contributed by atoms with Gasteiger partial charge in [0, 0.05) is 24.3 Å². The average molecular weight is 321 g/mol. The summed E-state index contributed by atoms with van der Waals surface area (Å²) in [4.78, 5) is 16.9. The molecule has 2 aromatic carbocycles. The van der Waals surface area contributed by atoms with Crippen molar-refractivity contribution in [3.63, 3.8) is 0 Å². The van der Waals surface area contributed by atoms with Crippen molar-refractivity contribution in [3.05, 3.63) is 77.5 Å². The molecule has 122 valence electrons. The Morgan fingerprint density at radius 2 is 1.88 bits per heavy atom. The van der Waals surface area contributed by atoms with Gasteiger partial charge in [-0.1, -0.05) is 36.4 Å². The summed E-state index contributed by atoms with van der Waals surface area (Å²) in [5.41, 5.74) is 3.13. The maximum atomic E-state index is 12.5. The lowest BCUT2D eigenvalue weighted by Gasteiger charge is -2.15. The fourth-order valence-corrected chi connectivity index (χ4v) is 2.60. The van der Waals surface area contributed by atoms with Crippen molar-refractivity contribution in [1.29, 1.82) is 0 Å². The molecule has 0 N–H and O–H groups in total. The molecule has 0 aliphatic carbocycles. The van der Waals surface area contributed by atoms with Crippen LogP contribution in [0.25, 0.3) is 10.9 Å². The number of esters is 1. The van der Waals surface area contributed by atoms with Crippen LogP contribution in [0.2, 0.25) is 0 Å². The van der Waals surface area contributed by atoms with Gasteiger partial charge in [-0.05, 0) is 30.7 Å². The average Bonchev–Trinajstić information content (AvgIpc) is 2.62. The zero-order valence-electron chi connectivity index (χ0n) is 13.7. The number of hydrogen-bond acceptors (Lipinski definition) is 4. The van der Waals surface area contributed by atoms with E-state index in [0.29, 0.717) is 12.2 Å². The van der Waals surface area contributed by atoms with Gasteiger partial charge in [-0.3, -0.25) is 4.98 Å². The quantitative estimate of drug-likeness (QED) is 0.657. The molecule has 4 heteroatoms. The van der Waals surface area contributed by atoms with Gasteiger partial charge in [0.25, 0.3) is 0 Å². The van der Waals surface area contributed by atoms with Gasteiger partial charge < -0.3 is 9.47 Å². The summed E-state index contributed by atoms with van der Waals surface area (Å²) in [6, 6.07) is 17.2. The van der Waals surface area contributed by atoms with Crippen LogP contribution in [0.15, 0.2) is 60.8 Å². The number of aromatic nitrogens is 1. The molecule has 0 saturated carbocycles. The predicted molar refractivity (Wildman–Crippen MR) is 92.7 cm³/mol. The van der Waals surface area contributed by atoms with E-state index in [-0.39, 0.29) is 12.1 Å². The number of ether oxygens (including phenoxy) is 2. The zero-order valence-corrected chi connectivity index (χ0v) is 13.7. The number of nitrogens with zero attached hydrogens (tertiary/aromatic N) is 1. The number of methoxy groups -OCH3 is 1. The third-order valence-corrected chi connectivity index (χ3v) is 3.90. The molecule has 0 aliphatic heterocycles. The fourth-order valence-electron chi connectivity index (χ4n) is 2.60. The summed E-state index contributed by atoms with van der Waals surface area (Å²) in [5, 5.41) is 1.03. The van der Waals surface area contributed by atoms with E-state index in [2.05, 4.69) is 4.98 Å². The summed E-state index contributed by atoms with van der Waals surface area (Å²) in [6.45, 7) is 2.22. The third kappa shape index (κ3) is 3.44. The number of benzene rings is 2. The zero-order chi connectivity index (χ0) is 16.9. The van der Waals surface area contributed by atoms with Crippen molar-refractivity contribution in [1.82, 2.24) is 4.98 Å². The maximum absolute atomic E-state index is 12.5. The molecule has 0 amide bonds. The van der Waals surface area contributed by atoms with Crippen LogP contribution in [0.5, 0.6) is 0 Å². The molecule has 0 aliphatic rings. The SMILES string of the molecule is COCc1ccccc1C(=O)OC(C)c1cnc2ccccc2c1. The van der Waals surface area contributed by atoms with Crippen LogP contribution < -0.4 is 0 Å². The Kier molecular flexibility index (Phi) is 4.87. The summed E-state index contributed by atoms with van der Waals surface area (Å²) in [6.07, 6.45) is 1.37. The minimum Gasteiger partial charge on any atom is -0.454 e. The monoisotopic (exact) mass is 321 g/mol. The molecule has 3 aromatic rings. The highest BCUT2D eigenvalue weighted by atomic mass is 16.5. The number of rotatable bonds is 5. The fraction of sp³-hybridized carbons (Fsp3) is 0.200. The van der Waals surface area contributed by atoms with Crippen LogP contribution in [-0.4, -0.2) is 18.1 Å². The number of carbonyl (C=O) groups is 1. The van der Waals surface area contributed by atoms with E-state index in [0.717, 1.165) is 22.0 Å². The number of pyridine rings is 1. The first-order chi connectivity index (χ1) is 11.7. The highest BCUT2D eigenvalue weighted by Gasteiger charge is 2.17. The first kappa shape index (κ1) is 16.1. The summed E-state index contributed by atoms with van der Waals surface area (Å²) in [5.74, 6) is -0.358. The van der Waals surface area contributed by atoms with Crippen molar-refractivity contribution in [2.45, 2.75) is 19.6 Å². The molecule has 4 nitrogen and oxygen atoms in total. The summed E-state index contributed by atoms with van der Waals surface area (Å²) >= 11 is 0. The Labute approximate surface area is 141 Å². The molecule has 1 aromatic heterocycles. The van der Waals surface area contributed by atoms with Gasteiger partial charge in [0.2, 0.25) is 0 Å². The minimum atomic E-state index is -0.384. The van der Waals surface area contributed by atoms with Crippen LogP contribution in [0.1, 0.15) is 34.5 Å². The van der Waals surface area contributed by atoms with Crippen LogP contribution in [-0.2, 0) is 16.1 Å². The lowest BCUT2D eigenvalue weighted by atomic mass is 10.1. The molecular formula is C20H19NO3. The smallest absolute Gasteiger partial charge is 0.339 e. The second-order valence-electron chi connectivity index (χ2n) is 5.60. The molecule has 3 rings (SSSR count). The second-order valence-corrected chi connectivity index (χ2v) is 5.60. The van der Waals surface area contributed by atoms with Crippen molar-refractivity contribution >= 4 is 16.9 Å². The van der Waals surface area contributed by atoms with Gasteiger partial charge >= 0.3 is 5.97 Å². The number of hydrogen-bond donors (Lipinski definition) is 0. The topological polar surface area (TPSA) is 48.4 Å². The van der Waals surface area contributed by atoms with E-state index < -0.39 is 0 Å². The van der Waals surface area contributed by atoms with Crippen LogP contribution in [0, 0.1) is 0 Å². The van der Waals surface area contributed by atoms with Gasteiger partial charge in [-0.15, -0.1) is 0 Å². The van der Waals surface area contributed by atoms with Gasteiger partial charge in [-0.25, -0.2) is 4.79 Å². The van der Waals surface area contributed by atoms with Crippen LogP contribution >= 0.6 is 0 Å². The lowest BCUT2D eigenvalue weighted by Crippen LogP contribution is -2.12. The van der Waals surface area contributed by atoms with Crippen molar-refractivity contribution in [3.8, 4) is 0 Å². The van der Waals surface area contributed by atoms with E-state index in [9.17, 15) is 4.79 Å². The summed E-state index contributed by atoms with van der Waals surface area (Å²) in [7, 11) is 1.60. The Morgan fingerprint density at radius 3 is 2.71 bits per heavy atom. The minimum absolute atomic E-state index is 0.358. The molecular weight excluding hydrogens is 302 g/mol. The summed E-state index contributed by atoms with van der Waals surface area (Å²) < 4.78 is 10.8. The molecule has 0 fully saturated rings. The molecule has 0 spiro atoms. The van der Waals surface area contributed by atoms with Crippen LogP contribution in [0.4, 0.5) is 0 Å². The van der Waals surface area contributed by atoms with E-state index in [1.54, 1.807) is 19.4 Å². The van der Waals surface area contributed by atoms with Gasteiger partial charge in [0.15, 0.2) is 0 Å². The Bertz CT molecular complexity index is 860. The highest BCUT2D eigenvalue weighted by molar-refractivity contribution is 5.91. The highest BCUT2D eigenvalue weighted by Crippen LogP contribution is 2.22. The number of fused-ring (bicyclic) bond motifs is 1. The largest absolute Gasteiger partial charge is 0.454 e. The van der Waals surface area contributed by atoms with Gasteiger partial charge in [0.05, 0.1) is 17.7 Å². The van der Waals surface area contributed by atoms with Crippen molar-refractivity contribution in [2.75, 3.05) is 7.11 Å².